The number of nitrogen functional groups attached to an aromatic ring is 2. The molecular weight excluding hydrogens is 492 g/mol. The Balaban J connectivity index is 1.78. The van der Waals surface area contributed by atoms with Gasteiger partial charge in [-0.15, -0.1) is 12.3 Å². The molecule has 0 aliphatic rings. The van der Waals surface area contributed by atoms with Crippen LogP contribution in [0.25, 0.3) is 0 Å². The lowest BCUT2D eigenvalue weighted by Crippen LogP contribution is -2.40. The fraction of sp³-hybridized carbons (Fsp3) is 0.360. The number of aromatic nitrogens is 2. The predicted octanol–water partition coefficient (Wildman–Crippen LogP) is 1.02. The molecule has 2 amide bonds. The fourth-order valence-electron chi connectivity index (χ4n) is 3.31. The van der Waals surface area contributed by atoms with Gasteiger partial charge in [0.2, 0.25) is 11.9 Å². The van der Waals surface area contributed by atoms with Crippen molar-refractivity contribution < 1.29 is 19.5 Å². The van der Waals surface area contributed by atoms with E-state index in [0.29, 0.717) is 49.9 Å². The number of nitrogens with zero attached hydrogens (tertiary/aromatic N) is 2. The molecule has 0 saturated carbocycles. The Morgan fingerprint density at radius 1 is 1.18 bits per heavy atom. The molecule has 0 spiro atoms. The van der Waals surface area contributed by atoms with Crippen LogP contribution in [0.5, 0.6) is 0 Å². The number of carbonyl (C=O) groups excluding carboxylic acids is 2. The third-order valence-electron chi connectivity index (χ3n) is 5.28. The SMILES string of the molecule is C#CCCCC(=O)NCCCC[C@H](NC(=O)c1ccc(NCC=Nc2c(N)nc(N)[nH]c2=O)cc1)C(=O)O. The minimum atomic E-state index is -1.13. The third-order valence-corrected chi connectivity index (χ3v) is 5.28. The summed E-state index contributed by atoms with van der Waals surface area (Å²) in [4.78, 5) is 57.6. The van der Waals surface area contributed by atoms with E-state index in [-0.39, 0.29) is 36.3 Å². The summed E-state index contributed by atoms with van der Waals surface area (Å²) in [6.07, 6.45) is 9.43. The van der Waals surface area contributed by atoms with E-state index in [0.717, 1.165) is 0 Å². The van der Waals surface area contributed by atoms with Crippen LogP contribution in [-0.4, -0.2) is 58.2 Å². The highest BCUT2D eigenvalue weighted by Crippen LogP contribution is 2.13. The maximum Gasteiger partial charge on any atom is 0.326 e. The first-order chi connectivity index (χ1) is 18.2. The normalized spacial score (nSPS) is 11.4. The number of H-pyrrole nitrogens is 1. The molecule has 2 aromatic rings. The van der Waals surface area contributed by atoms with Crippen LogP contribution in [0.4, 0.5) is 23.1 Å². The van der Waals surface area contributed by atoms with Gasteiger partial charge in [-0.2, -0.15) is 4.98 Å². The van der Waals surface area contributed by atoms with Gasteiger partial charge < -0.3 is 32.5 Å². The zero-order chi connectivity index (χ0) is 27.9. The Hall–Kier alpha value is -4.86. The van der Waals surface area contributed by atoms with Gasteiger partial charge in [-0.3, -0.25) is 19.4 Å². The Morgan fingerprint density at radius 2 is 1.92 bits per heavy atom. The van der Waals surface area contributed by atoms with Gasteiger partial charge in [0, 0.05) is 36.9 Å². The molecule has 1 aromatic heterocycles. The van der Waals surface area contributed by atoms with Crippen molar-refractivity contribution >= 4 is 47.1 Å². The summed E-state index contributed by atoms with van der Waals surface area (Å²) < 4.78 is 0. The van der Waals surface area contributed by atoms with E-state index in [4.69, 9.17) is 17.9 Å². The lowest BCUT2D eigenvalue weighted by atomic mass is 10.1. The average Bonchev–Trinajstić information content (AvgIpc) is 2.87. The summed E-state index contributed by atoms with van der Waals surface area (Å²) in [5, 5.41) is 17.8. The highest BCUT2D eigenvalue weighted by atomic mass is 16.4. The summed E-state index contributed by atoms with van der Waals surface area (Å²) in [6.45, 7) is 0.677. The first kappa shape index (κ1) is 29.4. The predicted molar refractivity (Wildman–Crippen MR) is 145 cm³/mol. The zero-order valence-electron chi connectivity index (χ0n) is 20.8. The summed E-state index contributed by atoms with van der Waals surface area (Å²) in [5.74, 6) is 0.549. The molecule has 1 aromatic carbocycles. The summed E-state index contributed by atoms with van der Waals surface area (Å²) >= 11 is 0. The molecule has 202 valence electrons. The molecule has 13 nitrogen and oxygen atoms in total. The number of aromatic amines is 1. The van der Waals surface area contributed by atoms with E-state index >= 15 is 0 Å². The number of carboxylic acid groups (broad SMARTS) is 1. The van der Waals surface area contributed by atoms with E-state index < -0.39 is 23.5 Å². The van der Waals surface area contributed by atoms with Crippen LogP contribution in [0.3, 0.4) is 0 Å². The maximum absolute atomic E-state index is 12.5. The van der Waals surface area contributed by atoms with Crippen molar-refractivity contribution in [2.75, 3.05) is 29.9 Å². The highest BCUT2D eigenvalue weighted by Gasteiger charge is 2.20. The van der Waals surface area contributed by atoms with Crippen molar-refractivity contribution in [3.63, 3.8) is 0 Å². The number of aliphatic carboxylic acids is 1. The summed E-state index contributed by atoms with van der Waals surface area (Å²) in [7, 11) is 0. The zero-order valence-corrected chi connectivity index (χ0v) is 20.8. The molecule has 0 aliphatic heterocycles. The number of aliphatic imine (C=N–C) groups is 1. The van der Waals surface area contributed by atoms with E-state index in [2.05, 4.69) is 36.8 Å². The van der Waals surface area contributed by atoms with Crippen molar-refractivity contribution in [3.05, 3.63) is 40.2 Å². The molecule has 1 heterocycles. The quantitative estimate of drug-likeness (QED) is 0.100. The second-order valence-electron chi connectivity index (χ2n) is 8.22. The van der Waals surface area contributed by atoms with Crippen LogP contribution in [-0.2, 0) is 9.59 Å². The molecule has 0 radical (unpaired) electrons. The lowest BCUT2D eigenvalue weighted by molar-refractivity contribution is -0.139. The van der Waals surface area contributed by atoms with Crippen molar-refractivity contribution in [1.29, 1.82) is 0 Å². The van der Waals surface area contributed by atoms with E-state index in [1.807, 2.05) is 0 Å². The number of nitrogens with one attached hydrogen (secondary N) is 4. The number of nitrogens with two attached hydrogens (primary N) is 2. The molecule has 0 bridgehead atoms. The Morgan fingerprint density at radius 3 is 2.58 bits per heavy atom. The van der Waals surface area contributed by atoms with Crippen LogP contribution >= 0.6 is 0 Å². The van der Waals surface area contributed by atoms with Crippen LogP contribution in [0.2, 0.25) is 0 Å². The third kappa shape index (κ3) is 10.0. The number of benzene rings is 1. The highest BCUT2D eigenvalue weighted by molar-refractivity contribution is 5.96. The summed E-state index contributed by atoms with van der Waals surface area (Å²) in [6, 6.07) is 5.35. The van der Waals surface area contributed by atoms with Crippen LogP contribution in [0, 0.1) is 12.3 Å². The molecule has 0 saturated heterocycles. The smallest absolute Gasteiger partial charge is 0.326 e. The van der Waals surface area contributed by atoms with Gasteiger partial charge >= 0.3 is 5.97 Å². The minimum Gasteiger partial charge on any atom is -0.480 e. The number of unbranched alkanes of at least 4 members (excludes halogenated alkanes) is 2. The van der Waals surface area contributed by atoms with Gasteiger partial charge in [0.15, 0.2) is 11.5 Å². The lowest BCUT2D eigenvalue weighted by Gasteiger charge is -2.15. The second-order valence-corrected chi connectivity index (χ2v) is 8.22. The molecule has 0 aliphatic carbocycles. The molecule has 38 heavy (non-hydrogen) atoms. The number of rotatable bonds is 15. The molecule has 0 fully saturated rings. The topological polar surface area (TPSA) is 218 Å². The van der Waals surface area contributed by atoms with E-state index in [1.165, 1.54) is 6.21 Å². The number of carboxylic acids is 1. The van der Waals surface area contributed by atoms with Crippen LogP contribution in [0.1, 0.15) is 48.9 Å². The molecule has 2 rings (SSSR count). The average molecular weight is 525 g/mol. The van der Waals surface area contributed by atoms with Gasteiger partial charge in [-0.1, -0.05) is 0 Å². The molecule has 0 unspecified atom stereocenters. The first-order valence-corrected chi connectivity index (χ1v) is 12.0. The van der Waals surface area contributed by atoms with Crippen LogP contribution in [0.15, 0.2) is 34.1 Å². The Kier molecular flexibility index (Phi) is 11.8. The van der Waals surface area contributed by atoms with Crippen LogP contribution < -0.4 is 33.0 Å². The monoisotopic (exact) mass is 524 g/mol. The standard InChI is InChI=1S/C25H32N8O5/c1-2-3-4-8-19(34)29-13-6-5-7-18(24(37)38)31-22(35)16-9-11-17(12-10-16)28-14-15-30-20-21(26)32-25(27)33-23(20)36/h1,9-12,15,18,28H,3-8,13-14H2,(H,29,34)(H,31,35)(H,37,38)(H5,26,27,32,33,36)/t18-/m0/s1. The van der Waals surface area contributed by atoms with Crippen molar-refractivity contribution in [1.82, 2.24) is 20.6 Å². The summed E-state index contributed by atoms with van der Waals surface area (Å²) in [5.41, 5.74) is 11.4. The molecule has 13 heteroatoms. The first-order valence-electron chi connectivity index (χ1n) is 12.0. The maximum atomic E-state index is 12.5. The number of carbonyl (C=O) groups is 3. The van der Waals surface area contributed by atoms with E-state index in [1.54, 1.807) is 24.3 Å². The van der Waals surface area contributed by atoms with E-state index in [9.17, 15) is 24.3 Å². The van der Waals surface area contributed by atoms with Gasteiger partial charge in [0.05, 0.1) is 6.54 Å². The fourth-order valence-corrected chi connectivity index (χ4v) is 3.31. The van der Waals surface area contributed by atoms with Crippen molar-refractivity contribution in [2.24, 2.45) is 4.99 Å². The number of terminal acetylenes is 1. The van der Waals surface area contributed by atoms with Gasteiger partial charge in [-0.05, 0) is 49.9 Å². The molecular formula is C25H32N8O5. The second kappa shape index (κ2) is 15.3. The largest absolute Gasteiger partial charge is 0.480 e. The van der Waals surface area contributed by atoms with Gasteiger partial charge in [0.1, 0.15) is 6.04 Å². The van der Waals surface area contributed by atoms with Gasteiger partial charge in [-0.25, -0.2) is 9.79 Å². The number of hydrogen-bond acceptors (Lipinski definition) is 9. The number of anilines is 3. The Labute approximate surface area is 219 Å². The van der Waals surface area contributed by atoms with Gasteiger partial charge in [0.25, 0.3) is 11.5 Å². The van der Waals surface area contributed by atoms with Crippen molar-refractivity contribution in [2.45, 2.75) is 44.6 Å². The van der Waals surface area contributed by atoms with Crippen molar-refractivity contribution in [3.8, 4) is 12.3 Å². The number of hydrogen-bond donors (Lipinski definition) is 7. The minimum absolute atomic E-state index is 0.0538. The number of amides is 2. The molecule has 9 N–H and O–H groups in total. The molecule has 1 atom stereocenters. The Bertz CT molecular complexity index is 1230.